The van der Waals surface area contributed by atoms with E-state index in [1.807, 2.05) is 4.90 Å². The fraction of sp³-hybridized carbons (Fsp3) is 0.533. The number of carbonyl (C=O) groups is 1. The number of hydrogen-bond acceptors (Lipinski definition) is 1. The molecular weight excluding hydrogens is 309 g/mol. The number of amides is 1. The minimum atomic E-state index is -0.317. The standard InChI is InChI=1S/C15H17BrFNO/c1-10-8-12(16)11(9-13(10)17)14(19)18-6-4-15(2-3-15)5-7-18/h8-9H,2-7H2,1H3. The molecule has 1 amide bonds. The SMILES string of the molecule is Cc1cc(Br)c(C(=O)N2CCC3(CC2)CC3)cc1F. The molecule has 2 aliphatic rings. The minimum Gasteiger partial charge on any atom is -0.339 e. The van der Waals surface area contributed by atoms with Crippen LogP contribution >= 0.6 is 15.9 Å². The van der Waals surface area contributed by atoms with Gasteiger partial charge in [0.25, 0.3) is 5.91 Å². The lowest BCUT2D eigenvalue weighted by atomic mass is 9.93. The van der Waals surface area contributed by atoms with E-state index >= 15 is 0 Å². The van der Waals surface area contributed by atoms with Gasteiger partial charge < -0.3 is 4.90 Å². The first-order valence-corrected chi connectivity index (χ1v) is 7.55. The first kappa shape index (κ1) is 13.1. The quantitative estimate of drug-likeness (QED) is 0.766. The van der Waals surface area contributed by atoms with Crippen molar-refractivity contribution >= 4 is 21.8 Å². The number of piperidine rings is 1. The van der Waals surface area contributed by atoms with Crippen LogP contribution in [0.15, 0.2) is 16.6 Å². The summed E-state index contributed by atoms with van der Waals surface area (Å²) in [6.45, 7) is 3.31. The number of nitrogens with zero attached hydrogens (tertiary/aromatic N) is 1. The Morgan fingerprint density at radius 1 is 1.26 bits per heavy atom. The molecule has 0 aromatic heterocycles. The number of carbonyl (C=O) groups excluding carboxylic acids is 1. The zero-order valence-electron chi connectivity index (χ0n) is 11.0. The summed E-state index contributed by atoms with van der Waals surface area (Å²) in [4.78, 5) is 14.3. The maximum Gasteiger partial charge on any atom is 0.255 e. The van der Waals surface area contributed by atoms with Crippen molar-refractivity contribution in [1.82, 2.24) is 4.90 Å². The highest BCUT2D eigenvalue weighted by molar-refractivity contribution is 9.10. The van der Waals surface area contributed by atoms with E-state index in [1.165, 1.54) is 18.9 Å². The molecule has 1 saturated carbocycles. The lowest BCUT2D eigenvalue weighted by Crippen LogP contribution is -2.39. The van der Waals surface area contributed by atoms with Crippen LogP contribution in [0.1, 0.15) is 41.6 Å². The second-order valence-electron chi connectivity index (χ2n) is 5.87. The van der Waals surface area contributed by atoms with E-state index in [1.54, 1.807) is 13.0 Å². The van der Waals surface area contributed by atoms with E-state index in [0.29, 0.717) is 21.0 Å². The molecule has 2 nitrogen and oxygen atoms in total. The highest BCUT2D eigenvalue weighted by Crippen LogP contribution is 2.53. The van der Waals surface area contributed by atoms with Crippen molar-refractivity contribution < 1.29 is 9.18 Å². The van der Waals surface area contributed by atoms with Crippen molar-refractivity contribution in [3.05, 3.63) is 33.5 Å². The topological polar surface area (TPSA) is 20.3 Å². The Morgan fingerprint density at radius 2 is 1.89 bits per heavy atom. The zero-order chi connectivity index (χ0) is 13.6. The van der Waals surface area contributed by atoms with Crippen LogP contribution in [-0.2, 0) is 0 Å². The maximum absolute atomic E-state index is 13.6. The van der Waals surface area contributed by atoms with Gasteiger partial charge in [-0.1, -0.05) is 0 Å². The molecule has 19 heavy (non-hydrogen) atoms. The molecule has 1 heterocycles. The third-order valence-corrected chi connectivity index (χ3v) is 5.20. The van der Waals surface area contributed by atoms with Crippen LogP contribution in [0.5, 0.6) is 0 Å². The van der Waals surface area contributed by atoms with E-state index < -0.39 is 0 Å². The molecule has 2 fully saturated rings. The number of aryl methyl sites for hydroxylation is 1. The molecule has 1 aromatic rings. The van der Waals surface area contributed by atoms with Crippen LogP contribution in [0, 0.1) is 18.2 Å². The number of likely N-dealkylation sites (tertiary alicyclic amines) is 1. The lowest BCUT2D eigenvalue weighted by molar-refractivity contribution is 0.0677. The smallest absolute Gasteiger partial charge is 0.255 e. The molecule has 1 aliphatic carbocycles. The van der Waals surface area contributed by atoms with Crippen LogP contribution in [-0.4, -0.2) is 23.9 Å². The van der Waals surface area contributed by atoms with Crippen LogP contribution in [0.3, 0.4) is 0 Å². The third-order valence-electron chi connectivity index (χ3n) is 4.55. The average Bonchev–Trinajstić information content (AvgIpc) is 3.14. The minimum absolute atomic E-state index is 0.0544. The predicted octanol–water partition coefficient (Wildman–Crippen LogP) is 3.91. The lowest BCUT2D eigenvalue weighted by Gasteiger charge is -2.32. The Morgan fingerprint density at radius 3 is 2.47 bits per heavy atom. The Kier molecular flexibility index (Phi) is 3.16. The van der Waals surface area contributed by atoms with E-state index in [4.69, 9.17) is 0 Å². The molecular formula is C15H17BrFNO. The second-order valence-corrected chi connectivity index (χ2v) is 6.73. The summed E-state index contributed by atoms with van der Waals surface area (Å²) in [5.74, 6) is -0.372. The van der Waals surface area contributed by atoms with Gasteiger partial charge in [-0.25, -0.2) is 4.39 Å². The van der Waals surface area contributed by atoms with E-state index in [2.05, 4.69) is 15.9 Å². The van der Waals surface area contributed by atoms with Crippen molar-refractivity contribution in [1.29, 1.82) is 0 Å². The average molecular weight is 326 g/mol. The Labute approximate surface area is 121 Å². The van der Waals surface area contributed by atoms with Crippen molar-refractivity contribution in [2.45, 2.75) is 32.6 Å². The van der Waals surface area contributed by atoms with Gasteiger partial charge in [-0.2, -0.15) is 0 Å². The van der Waals surface area contributed by atoms with Gasteiger partial charge in [-0.15, -0.1) is 0 Å². The van der Waals surface area contributed by atoms with Gasteiger partial charge in [0, 0.05) is 17.6 Å². The van der Waals surface area contributed by atoms with Gasteiger partial charge in [0.05, 0.1) is 5.56 Å². The molecule has 102 valence electrons. The van der Waals surface area contributed by atoms with Gasteiger partial charge in [-0.05, 0) is 71.6 Å². The van der Waals surface area contributed by atoms with Gasteiger partial charge >= 0.3 is 0 Å². The summed E-state index contributed by atoms with van der Waals surface area (Å²) in [6, 6.07) is 3.03. The summed E-state index contributed by atoms with van der Waals surface area (Å²) < 4.78 is 14.3. The molecule has 1 spiro atoms. The zero-order valence-corrected chi connectivity index (χ0v) is 12.6. The van der Waals surface area contributed by atoms with Gasteiger partial charge in [0.2, 0.25) is 0 Å². The molecule has 1 aliphatic heterocycles. The van der Waals surface area contributed by atoms with E-state index in [-0.39, 0.29) is 11.7 Å². The van der Waals surface area contributed by atoms with Gasteiger partial charge in [0.15, 0.2) is 0 Å². The fourth-order valence-corrected chi connectivity index (χ4v) is 3.47. The van der Waals surface area contributed by atoms with E-state index in [0.717, 1.165) is 25.9 Å². The second kappa shape index (κ2) is 4.58. The van der Waals surface area contributed by atoms with Crippen molar-refractivity contribution in [2.24, 2.45) is 5.41 Å². The maximum atomic E-state index is 13.6. The number of hydrogen-bond donors (Lipinski definition) is 0. The molecule has 0 bridgehead atoms. The summed E-state index contributed by atoms with van der Waals surface area (Å²) in [5.41, 5.74) is 1.54. The van der Waals surface area contributed by atoms with Gasteiger partial charge in [-0.3, -0.25) is 4.79 Å². The van der Waals surface area contributed by atoms with Crippen molar-refractivity contribution in [3.8, 4) is 0 Å². The monoisotopic (exact) mass is 325 g/mol. The van der Waals surface area contributed by atoms with Gasteiger partial charge in [0.1, 0.15) is 5.82 Å². The normalized spacial score (nSPS) is 20.7. The molecule has 3 rings (SSSR count). The van der Waals surface area contributed by atoms with Crippen LogP contribution in [0.2, 0.25) is 0 Å². The molecule has 0 radical (unpaired) electrons. The summed E-state index contributed by atoms with van der Waals surface area (Å²) >= 11 is 3.37. The molecule has 0 unspecified atom stereocenters. The van der Waals surface area contributed by atoms with Crippen LogP contribution < -0.4 is 0 Å². The highest BCUT2D eigenvalue weighted by Gasteiger charge is 2.45. The van der Waals surface area contributed by atoms with Crippen LogP contribution in [0.25, 0.3) is 0 Å². The molecule has 1 saturated heterocycles. The Bertz CT molecular complexity index is 529. The highest BCUT2D eigenvalue weighted by atomic mass is 79.9. The predicted molar refractivity (Wildman–Crippen MR) is 75.6 cm³/mol. The van der Waals surface area contributed by atoms with E-state index in [9.17, 15) is 9.18 Å². The molecule has 4 heteroatoms. The fourth-order valence-electron chi connectivity index (χ4n) is 2.84. The molecule has 0 atom stereocenters. The summed E-state index contributed by atoms with van der Waals surface area (Å²) in [5, 5.41) is 0. The number of benzene rings is 1. The number of rotatable bonds is 1. The Balaban J connectivity index is 1.78. The third kappa shape index (κ3) is 2.42. The van der Waals surface area contributed by atoms with Crippen molar-refractivity contribution in [2.75, 3.05) is 13.1 Å². The molecule has 1 aromatic carbocycles. The number of halogens is 2. The van der Waals surface area contributed by atoms with Crippen molar-refractivity contribution in [3.63, 3.8) is 0 Å². The largest absolute Gasteiger partial charge is 0.339 e. The molecule has 0 N–H and O–H groups in total. The first-order chi connectivity index (χ1) is 9.01. The first-order valence-electron chi connectivity index (χ1n) is 6.76. The summed E-state index contributed by atoms with van der Waals surface area (Å²) in [6.07, 6.45) is 4.84. The van der Waals surface area contributed by atoms with Crippen LogP contribution in [0.4, 0.5) is 4.39 Å². The Hall–Kier alpha value is -0.900. The summed E-state index contributed by atoms with van der Waals surface area (Å²) in [7, 11) is 0.